The second-order valence-corrected chi connectivity index (χ2v) is 6.52. The maximum atomic E-state index is 13.1. The number of piperidine rings is 1. The summed E-state index contributed by atoms with van der Waals surface area (Å²) in [6.07, 6.45) is -3.95. The standard InChI is InChI=1S/C17H19F3N2O4/c1-11(23)25-14-10-16(6-8-21-9-7-16)15(24)22(14)12-2-4-13(5-3-12)26-17(18,19)20/h2-5,14,21H,6-10H2,1H3. The summed E-state index contributed by atoms with van der Waals surface area (Å²) in [4.78, 5) is 25.9. The zero-order valence-electron chi connectivity index (χ0n) is 14.1. The van der Waals surface area contributed by atoms with Gasteiger partial charge < -0.3 is 14.8 Å². The van der Waals surface area contributed by atoms with Gasteiger partial charge in [0.05, 0.1) is 5.41 Å². The molecule has 1 N–H and O–H groups in total. The van der Waals surface area contributed by atoms with Crippen molar-refractivity contribution in [3.8, 4) is 5.75 Å². The number of carbonyl (C=O) groups is 2. The number of carbonyl (C=O) groups excluding carboxylic acids is 2. The van der Waals surface area contributed by atoms with Gasteiger partial charge in [0.2, 0.25) is 5.91 Å². The van der Waals surface area contributed by atoms with E-state index < -0.39 is 24.0 Å². The first-order chi connectivity index (χ1) is 12.2. The van der Waals surface area contributed by atoms with Crippen LogP contribution in [0.25, 0.3) is 0 Å². The van der Waals surface area contributed by atoms with Crippen LogP contribution < -0.4 is 15.0 Å². The Kier molecular flexibility index (Phi) is 4.83. The highest BCUT2D eigenvalue weighted by molar-refractivity contribution is 6.00. The van der Waals surface area contributed by atoms with E-state index in [0.717, 1.165) is 12.1 Å². The summed E-state index contributed by atoms with van der Waals surface area (Å²) >= 11 is 0. The van der Waals surface area contributed by atoms with Gasteiger partial charge in [-0.05, 0) is 50.2 Å². The Bertz CT molecular complexity index is 684. The predicted octanol–water partition coefficient (Wildman–Crippen LogP) is 2.58. The zero-order valence-corrected chi connectivity index (χ0v) is 14.1. The molecule has 3 rings (SSSR count). The number of rotatable bonds is 3. The van der Waals surface area contributed by atoms with Crippen LogP contribution in [0, 0.1) is 5.41 Å². The maximum Gasteiger partial charge on any atom is 0.573 e. The average Bonchev–Trinajstić information content (AvgIpc) is 2.79. The first-order valence-corrected chi connectivity index (χ1v) is 8.28. The summed E-state index contributed by atoms with van der Waals surface area (Å²) in [5.41, 5.74) is -0.252. The van der Waals surface area contributed by atoms with Gasteiger partial charge in [-0.2, -0.15) is 0 Å². The van der Waals surface area contributed by atoms with Crippen LogP contribution in [-0.2, 0) is 14.3 Å². The summed E-state index contributed by atoms with van der Waals surface area (Å²) in [6.45, 7) is 2.63. The molecule has 1 unspecified atom stereocenters. The average molecular weight is 372 g/mol. The molecule has 26 heavy (non-hydrogen) atoms. The lowest BCUT2D eigenvalue weighted by atomic mass is 9.77. The SMILES string of the molecule is CC(=O)OC1CC2(CCNCC2)C(=O)N1c1ccc(OC(F)(F)F)cc1. The van der Waals surface area contributed by atoms with Gasteiger partial charge in [-0.1, -0.05) is 0 Å². The first kappa shape index (κ1) is 18.5. The number of halogens is 3. The van der Waals surface area contributed by atoms with Gasteiger partial charge in [-0.25, -0.2) is 0 Å². The van der Waals surface area contributed by atoms with Crippen LogP contribution in [0.3, 0.4) is 0 Å². The highest BCUT2D eigenvalue weighted by Gasteiger charge is 2.53. The normalized spacial score (nSPS) is 22.5. The fourth-order valence-electron chi connectivity index (χ4n) is 3.60. The molecule has 1 aromatic rings. The van der Waals surface area contributed by atoms with E-state index in [1.165, 1.54) is 24.0 Å². The number of benzene rings is 1. The van der Waals surface area contributed by atoms with E-state index in [4.69, 9.17) is 4.74 Å². The topological polar surface area (TPSA) is 67.9 Å². The third kappa shape index (κ3) is 3.77. The smallest absolute Gasteiger partial charge is 0.441 e. The van der Waals surface area contributed by atoms with E-state index in [1.807, 2.05) is 0 Å². The molecule has 0 aliphatic carbocycles. The number of anilines is 1. The minimum Gasteiger partial charge on any atom is -0.441 e. The van der Waals surface area contributed by atoms with Crippen LogP contribution in [-0.4, -0.2) is 37.6 Å². The van der Waals surface area contributed by atoms with Crippen LogP contribution >= 0.6 is 0 Å². The number of esters is 1. The van der Waals surface area contributed by atoms with Crippen LogP contribution in [0.5, 0.6) is 5.75 Å². The highest BCUT2D eigenvalue weighted by atomic mass is 19.4. The summed E-state index contributed by atoms with van der Waals surface area (Å²) in [7, 11) is 0. The molecular weight excluding hydrogens is 353 g/mol. The molecule has 1 aromatic carbocycles. The third-order valence-corrected chi connectivity index (χ3v) is 4.74. The Balaban J connectivity index is 1.87. The van der Waals surface area contributed by atoms with E-state index >= 15 is 0 Å². The Labute approximate surface area is 148 Å². The molecule has 2 aliphatic heterocycles. The largest absolute Gasteiger partial charge is 0.573 e. The van der Waals surface area contributed by atoms with Gasteiger partial charge in [0.15, 0.2) is 6.23 Å². The molecule has 142 valence electrons. The van der Waals surface area contributed by atoms with E-state index in [1.54, 1.807) is 0 Å². The highest BCUT2D eigenvalue weighted by Crippen LogP contribution is 2.45. The quantitative estimate of drug-likeness (QED) is 0.826. The summed E-state index contributed by atoms with van der Waals surface area (Å²) < 4.78 is 46.1. The summed E-state index contributed by atoms with van der Waals surface area (Å²) in [6, 6.07) is 4.98. The lowest BCUT2D eigenvalue weighted by molar-refractivity contribution is -0.274. The number of nitrogens with zero attached hydrogens (tertiary/aromatic N) is 1. The number of amides is 1. The Morgan fingerprint density at radius 2 is 1.85 bits per heavy atom. The fourth-order valence-corrected chi connectivity index (χ4v) is 3.60. The van der Waals surface area contributed by atoms with Gasteiger partial charge in [-0.15, -0.1) is 13.2 Å². The number of hydrogen-bond donors (Lipinski definition) is 1. The molecule has 6 nitrogen and oxygen atoms in total. The first-order valence-electron chi connectivity index (χ1n) is 8.28. The summed E-state index contributed by atoms with van der Waals surface area (Å²) in [5, 5.41) is 3.19. The van der Waals surface area contributed by atoms with Crippen LogP contribution in [0.2, 0.25) is 0 Å². The van der Waals surface area contributed by atoms with Crippen molar-refractivity contribution < 1.29 is 32.2 Å². The monoisotopic (exact) mass is 372 g/mol. The fraction of sp³-hybridized carbons (Fsp3) is 0.529. The Hall–Kier alpha value is -2.29. The third-order valence-electron chi connectivity index (χ3n) is 4.74. The second-order valence-electron chi connectivity index (χ2n) is 6.52. The molecule has 2 aliphatic rings. The van der Waals surface area contributed by atoms with Crippen molar-refractivity contribution >= 4 is 17.6 Å². The molecule has 0 radical (unpaired) electrons. The molecule has 1 amide bonds. The minimum absolute atomic E-state index is 0.172. The molecule has 0 bridgehead atoms. The van der Waals surface area contributed by atoms with Crippen molar-refractivity contribution in [1.82, 2.24) is 5.32 Å². The number of hydrogen-bond acceptors (Lipinski definition) is 5. The van der Waals surface area contributed by atoms with E-state index in [0.29, 0.717) is 38.0 Å². The number of ether oxygens (including phenoxy) is 2. The molecule has 9 heteroatoms. The minimum atomic E-state index is -4.79. The van der Waals surface area contributed by atoms with Crippen LogP contribution in [0.15, 0.2) is 24.3 Å². The van der Waals surface area contributed by atoms with Gasteiger partial charge in [0, 0.05) is 19.0 Å². The van der Waals surface area contributed by atoms with Crippen molar-refractivity contribution in [2.24, 2.45) is 5.41 Å². The van der Waals surface area contributed by atoms with Crippen molar-refractivity contribution in [2.45, 2.75) is 38.8 Å². The number of nitrogens with one attached hydrogen (secondary N) is 1. The summed E-state index contributed by atoms with van der Waals surface area (Å²) in [5.74, 6) is -1.07. The van der Waals surface area contributed by atoms with Crippen LogP contribution in [0.4, 0.5) is 18.9 Å². The molecular formula is C17H19F3N2O4. The zero-order chi connectivity index (χ0) is 18.9. The van der Waals surface area contributed by atoms with Gasteiger partial charge in [0.1, 0.15) is 5.75 Å². The Morgan fingerprint density at radius 1 is 1.23 bits per heavy atom. The van der Waals surface area contributed by atoms with Crippen molar-refractivity contribution in [3.05, 3.63) is 24.3 Å². The van der Waals surface area contributed by atoms with Crippen molar-refractivity contribution in [3.63, 3.8) is 0 Å². The maximum absolute atomic E-state index is 13.1. The van der Waals surface area contributed by atoms with E-state index in [9.17, 15) is 22.8 Å². The molecule has 2 saturated heterocycles. The van der Waals surface area contributed by atoms with Crippen LogP contribution in [0.1, 0.15) is 26.2 Å². The molecule has 1 atom stereocenters. The van der Waals surface area contributed by atoms with Crippen molar-refractivity contribution in [1.29, 1.82) is 0 Å². The van der Waals surface area contributed by atoms with Gasteiger partial charge in [-0.3, -0.25) is 14.5 Å². The molecule has 1 spiro atoms. The van der Waals surface area contributed by atoms with Gasteiger partial charge in [0.25, 0.3) is 0 Å². The predicted molar refractivity (Wildman–Crippen MR) is 85.3 cm³/mol. The van der Waals surface area contributed by atoms with E-state index in [2.05, 4.69) is 10.1 Å². The second kappa shape index (κ2) is 6.79. The van der Waals surface area contributed by atoms with Gasteiger partial charge >= 0.3 is 12.3 Å². The lowest BCUT2D eigenvalue weighted by Crippen LogP contribution is -2.43. The number of alkyl halides is 3. The van der Waals surface area contributed by atoms with Crippen molar-refractivity contribution in [2.75, 3.05) is 18.0 Å². The molecule has 2 heterocycles. The van der Waals surface area contributed by atoms with E-state index in [-0.39, 0.29) is 11.7 Å². The molecule has 2 fully saturated rings. The Morgan fingerprint density at radius 3 is 2.38 bits per heavy atom. The molecule has 0 saturated carbocycles. The molecule has 0 aromatic heterocycles. The lowest BCUT2D eigenvalue weighted by Gasteiger charge is -2.31.